The molecule has 3 aromatic rings. The standard InChI is InChI=1S/C20H18N2O5S.Na.H2O.H/c23-28(24,25)14-6-13-22-16-8-2-4-10-18(16)27-20(22)12-5-11-19-21-15-7-1-3-9-17(15)26-19;;;/h1-5,7-12H,6,13-14H2,(H,23,24,25);;1H2;/q;+1;;-1. The summed E-state index contributed by atoms with van der Waals surface area (Å²) in [5.41, 5.74) is 2.46. The molecular formula is C20H21N2NaO6S. The van der Waals surface area contributed by atoms with E-state index in [0.717, 1.165) is 17.0 Å². The quantitative estimate of drug-likeness (QED) is 0.321. The summed E-state index contributed by atoms with van der Waals surface area (Å²) < 4.78 is 44.4. The molecule has 10 heteroatoms. The minimum atomic E-state index is -3.99. The maximum atomic E-state index is 11.0. The second-order valence-electron chi connectivity index (χ2n) is 6.31. The maximum absolute atomic E-state index is 11.0. The number of allylic oxidation sites excluding steroid dienone is 2. The Kier molecular flexibility index (Phi) is 8.25. The van der Waals surface area contributed by atoms with Gasteiger partial charge >= 0.3 is 35.4 Å². The van der Waals surface area contributed by atoms with Gasteiger partial charge in [-0.3, -0.25) is 4.55 Å². The van der Waals surface area contributed by atoms with Crippen LogP contribution in [-0.2, 0) is 16.7 Å². The van der Waals surface area contributed by atoms with Gasteiger partial charge in [0.15, 0.2) is 18.2 Å². The fourth-order valence-corrected chi connectivity index (χ4v) is 3.54. The van der Waals surface area contributed by atoms with Gasteiger partial charge in [-0.15, -0.1) is 0 Å². The molecule has 4 rings (SSSR count). The van der Waals surface area contributed by atoms with Crippen molar-refractivity contribution < 1.29 is 63.2 Å². The minimum absolute atomic E-state index is 0. The fourth-order valence-electron chi connectivity index (χ4n) is 3.04. The molecule has 3 N–H and O–H groups in total. The number of benzene rings is 2. The first kappa shape index (κ1) is 24.1. The van der Waals surface area contributed by atoms with Crippen LogP contribution < -0.4 is 44.2 Å². The van der Waals surface area contributed by atoms with Crippen LogP contribution >= 0.6 is 0 Å². The zero-order chi connectivity index (χ0) is 19.6. The number of anilines is 1. The molecule has 0 spiro atoms. The van der Waals surface area contributed by atoms with Crippen LogP contribution in [0.15, 0.2) is 71.0 Å². The predicted molar refractivity (Wildman–Crippen MR) is 108 cm³/mol. The Morgan fingerprint density at radius 3 is 2.63 bits per heavy atom. The van der Waals surface area contributed by atoms with Gasteiger partial charge < -0.3 is 21.4 Å². The van der Waals surface area contributed by atoms with Gasteiger partial charge in [0.25, 0.3) is 15.6 Å². The van der Waals surface area contributed by atoms with Crippen LogP contribution in [-0.4, -0.2) is 24.2 Å². The van der Waals surface area contributed by atoms with Crippen molar-refractivity contribution in [3.8, 4) is 5.75 Å². The number of rotatable bonds is 6. The molecule has 154 valence electrons. The van der Waals surface area contributed by atoms with Gasteiger partial charge in [-0.1, -0.05) is 24.3 Å². The Balaban J connectivity index is 0.00000160. The van der Waals surface area contributed by atoms with Gasteiger partial charge in [-0.05, 0) is 30.4 Å². The fraction of sp³-hybridized carbons (Fsp3) is 0.150. The van der Waals surface area contributed by atoms with E-state index in [2.05, 4.69) is 5.32 Å². The van der Waals surface area contributed by atoms with E-state index in [1.54, 1.807) is 18.2 Å². The van der Waals surface area contributed by atoms with E-state index in [4.69, 9.17) is 13.7 Å². The number of oxazole rings is 1. The van der Waals surface area contributed by atoms with Crippen molar-refractivity contribution in [3.05, 3.63) is 72.5 Å². The molecule has 0 atom stereocenters. The number of hydrogen-bond acceptors (Lipinski definition) is 6. The molecule has 2 heterocycles. The number of hydrogen-bond donors (Lipinski definition) is 2. The Morgan fingerprint density at radius 2 is 1.87 bits per heavy atom. The first-order valence-corrected chi connectivity index (χ1v) is 10.4. The monoisotopic (exact) mass is 440 g/mol. The summed E-state index contributed by atoms with van der Waals surface area (Å²) >= 11 is 0. The average Bonchev–Trinajstić information content (AvgIpc) is 3.22. The second-order valence-corrected chi connectivity index (χ2v) is 7.88. The number of aryl methyl sites for hydroxylation is 1. The largest absolute Gasteiger partial charge is 1.00 e. The summed E-state index contributed by atoms with van der Waals surface area (Å²) in [6, 6.07) is 15.2. The van der Waals surface area contributed by atoms with Gasteiger partial charge in [0.1, 0.15) is 0 Å². The topological polar surface area (TPSA) is 123 Å². The van der Waals surface area contributed by atoms with Crippen molar-refractivity contribution in [2.24, 2.45) is 0 Å². The second kappa shape index (κ2) is 10.3. The van der Waals surface area contributed by atoms with Crippen LogP contribution in [0.1, 0.15) is 13.7 Å². The van der Waals surface area contributed by atoms with E-state index in [0.29, 0.717) is 23.9 Å². The van der Waals surface area contributed by atoms with Crippen LogP contribution in [0.5, 0.6) is 5.75 Å². The van der Waals surface area contributed by atoms with E-state index in [-0.39, 0.29) is 48.6 Å². The number of fused-ring (bicyclic) bond motifs is 2. The Bertz CT molecular complexity index is 1170. The first-order valence-electron chi connectivity index (χ1n) is 8.78. The molecule has 0 aliphatic carbocycles. The summed E-state index contributed by atoms with van der Waals surface area (Å²) in [7, 11) is -3.99. The van der Waals surface area contributed by atoms with Crippen molar-refractivity contribution in [2.45, 2.75) is 13.0 Å². The predicted octanol–water partition coefficient (Wildman–Crippen LogP) is 0.297. The van der Waals surface area contributed by atoms with Crippen LogP contribution in [0.4, 0.5) is 5.69 Å². The third-order valence-electron chi connectivity index (χ3n) is 4.27. The van der Waals surface area contributed by atoms with Crippen LogP contribution in [0.3, 0.4) is 0 Å². The third kappa shape index (κ3) is 5.72. The molecule has 0 fully saturated rings. The Hall–Kier alpha value is -2.14. The van der Waals surface area contributed by atoms with Crippen molar-refractivity contribution in [1.29, 1.82) is 0 Å². The van der Waals surface area contributed by atoms with Crippen LogP contribution in [0, 0.1) is 0 Å². The zero-order valence-corrected chi connectivity index (χ0v) is 19.2. The molecule has 0 saturated carbocycles. The van der Waals surface area contributed by atoms with E-state index in [1.165, 1.54) is 0 Å². The smallest absolute Gasteiger partial charge is 1.00 e. The molecule has 0 amide bonds. The average molecular weight is 440 g/mol. The summed E-state index contributed by atoms with van der Waals surface area (Å²) in [4.78, 5) is 0. The van der Waals surface area contributed by atoms with Crippen molar-refractivity contribution in [1.82, 2.24) is 0 Å². The number of nitrogens with zero attached hydrogens (tertiary/aromatic N) is 1. The first-order chi connectivity index (χ1) is 13.5. The molecule has 0 unspecified atom stereocenters. The van der Waals surface area contributed by atoms with Gasteiger partial charge in [0, 0.05) is 12.5 Å². The summed E-state index contributed by atoms with van der Waals surface area (Å²) in [6.45, 7) is 0.396. The van der Waals surface area contributed by atoms with Gasteiger partial charge in [0.05, 0.1) is 17.5 Å². The van der Waals surface area contributed by atoms with E-state index in [9.17, 15) is 8.42 Å². The molecule has 8 nitrogen and oxygen atoms in total. The maximum Gasteiger partial charge on any atom is 1.00 e. The molecule has 1 aliphatic heterocycles. The third-order valence-corrected chi connectivity index (χ3v) is 5.08. The molecule has 30 heavy (non-hydrogen) atoms. The SMILES string of the molecule is O=S(=O)(O)CCC[n+]1c(C=CC=C2Nc3ccccc3O2)oc2ccccc21.[H-].[Na+].[OH-]. The number of aromatic nitrogens is 1. The van der Waals surface area contributed by atoms with Crippen LogP contribution in [0.2, 0.25) is 0 Å². The van der Waals surface area contributed by atoms with Gasteiger partial charge in [-0.25, -0.2) is 0 Å². The Morgan fingerprint density at radius 1 is 1.13 bits per heavy atom. The summed E-state index contributed by atoms with van der Waals surface area (Å²) in [5, 5.41) is 3.17. The van der Waals surface area contributed by atoms with Crippen molar-refractivity contribution in [3.63, 3.8) is 0 Å². The molecule has 0 saturated heterocycles. The van der Waals surface area contributed by atoms with Crippen molar-refractivity contribution in [2.75, 3.05) is 11.1 Å². The number of ether oxygens (including phenoxy) is 1. The molecule has 0 bridgehead atoms. The normalized spacial score (nSPS) is 14.1. The Labute approximate surface area is 197 Å². The van der Waals surface area contributed by atoms with E-state index in [1.807, 2.05) is 53.1 Å². The molecule has 1 aromatic heterocycles. The van der Waals surface area contributed by atoms with E-state index >= 15 is 0 Å². The molecule has 2 aromatic carbocycles. The van der Waals surface area contributed by atoms with Gasteiger partial charge in [0.2, 0.25) is 5.58 Å². The number of para-hydroxylation sites is 4. The summed E-state index contributed by atoms with van der Waals surface area (Å²) in [5.74, 6) is 1.64. The summed E-state index contributed by atoms with van der Waals surface area (Å²) in [6.07, 6.45) is 5.64. The zero-order valence-electron chi connectivity index (χ0n) is 17.4. The molecule has 1 aliphatic rings. The molecular weight excluding hydrogens is 419 g/mol. The van der Waals surface area contributed by atoms with Crippen LogP contribution in [0.25, 0.3) is 17.2 Å². The molecule has 0 radical (unpaired) electrons. The minimum Gasteiger partial charge on any atom is -1.00 e. The van der Waals surface area contributed by atoms with Gasteiger partial charge in [-0.2, -0.15) is 13.0 Å². The van der Waals surface area contributed by atoms with Crippen molar-refractivity contribution >= 4 is 33.0 Å². The number of nitrogens with one attached hydrogen (secondary N) is 1. The van der Waals surface area contributed by atoms with E-state index < -0.39 is 10.1 Å².